The number of rotatable bonds is 14. The Bertz CT molecular complexity index is 399. The Morgan fingerprint density at radius 1 is 1.04 bits per heavy atom. The van der Waals surface area contributed by atoms with Gasteiger partial charge in [0.05, 0.1) is 37.6 Å². The molecule has 0 spiro atoms. The molecule has 8 heteroatoms. The molecule has 0 fully saturated rings. The van der Waals surface area contributed by atoms with Crippen LogP contribution in [-0.4, -0.2) is 92.7 Å². The fraction of sp³-hybridized carbons (Fsp3) is 0.944. The summed E-state index contributed by atoms with van der Waals surface area (Å²) in [4.78, 5) is 14.0. The van der Waals surface area contributed by atoms with Crippen molar-refractivity contribution in [2.75, 3.05) is 39.6 Å². The van der Waals surface area contributed by atoms with Gasteiger partial charge in [-0.15, -0.1) is 0 Å². The van der Waals surface area contributed by atoms with Gasteiger partial charge in [-0.2, -0.15) is 0 Å². The first-order valence-corrected chi connectivity index (χ1v) is 9.13. The molecule has 0 aromatic rings. The van der Waals surface area contributed by atoms with E-state index < -0.39 is 36.6 Å². The Labute approximate surface area is 156 Å². The molecule has 0 rings (SSSR count). The third-order valence-corrected chi connectivity index (χ3v) is 4.69. The molecule has 156 valence electrons. The largest absolute Gasteiger partial charge is 0.396 e. The van der Waals surface area contributed by atoms with E-state index in [1.807, 2.05) is 13.8 Å². The monoisotopic (exact) mass is 379 g/mol. The Hall–Kier alpha value is -0.770. The maximum atomic E-state index is 12.7. The van der Waals surface area contributed by atoms with Crippen molar-refractivity contribution in [3.05, 3.63) is 0 Å². The van der Waals surface area contributed by atoms with Crippen LogP contribution in [0.3, 0.4) is 0 Å². The standard InChI is InChI=1S/C18H37NO7/c1-5-17(4,26-14-16(2,3)25)8-7-15(24)19(9-6-10-20)18(11-21,12-22)13-23/h20-23,25H,5-14H2,1-4H3. The van der Waals surface area contributed by atoms with Crippen molar-refractivity contribution in [2.45, 2.75) is 70.1 Å². The first-order chi connectivity index (χ1) is 12.0. The van der Waals surface area contributed by atoms with Gasteiger partial charge >= 0.3 is 0 Å². The molecule has 26 heavy (non-hydrogen) atoms. The number of amides is 1. The summed E-state index contributed by atoms with van der Waals surface area (Å²) in [5.74, 6) is -0.345. The highest BCUT2D eigenvalue weighted by Gasteiger charge is 2.39. The molecule has 1 unspecified atom stereocenters. The molecule has 0 saturated heterocycles. The molecule has 1 amide bonds. The van der Waals surface area contributed by atoms with E-state index in [2.05, 4.69) is 0 Å². The third kappa shape index (κ3) is 7.85. The zero-order valence-electron chi connectivity index (χ0n) is 16.6. The van der Waals surface area contributed by atoms with Crippen molar-refractivity contribution in [1.82, 2.24) is 4.90 Å². The lowest BCUT2D eigenvalue weighted by Gasteiger charge is -2.41. The molecular weight excluding hydrogens is 342 g/mol. The smallest absolute Gasteiger partial charge is 0.223 e. The second-order valence-corrected chi connectivity index (χ2v) is 7.73. The Balaban J connectivity index is 5.12. The topological polar surface area (TPSA) is 131 Å². The van der Waals surface area contributed by atoms with Crippen LogP contribution < -0.4 is 0 Å². The van der Waals surface area contributed by atoms with Crippen molar-refractivity contribution in [3.8, 4) is 0 Å². The van der Waals surface area contributed by atoms with Gasteiger partial charge in [0.25, 0.3) is 0 Å². The molecule has 0 aliphatic heterocycles. The number of nitrogens with zero attached hydrogens (tertiary/aromatic N) is 1. The molecule has 0 aromatic carbocycles. The summed E-state index contributed by atoms with van der Waals surface area (Å²) in [6, 6.07) is 0. The molecule has 0 saturated carbocycles. The van der Waals surface area contributed by atoms with Gasteiger partial charge in [-0.1, -0.05) is 6.92 Å². The van der Waals surface area contributed by atoms with Gasteiger partial charge in [0.15, 0.2) is 0 Å². The van der Waals surface area contributed by atoms with Crippen molar-refractivity contribution in [3.63, 3.8) is 0 Å². The summed E-state index contributed by atoms with van der Waals surface area (Å²) in [5, 5.41) is 47.7. The molecule has 0 aliphatic carbocycles. The fourth-order valence-corrected chi connectivity index (χ4v) is 2.47. The van der Waals surface area contributed by atoms with Gasteiger partial charge in [0, 0.05) is 19.6 Å². The molecule has 5 N–H and O–H groups in total. The molecule has 8 nitrogen and oxygen atoms in total. The van der Waals surface area contributed by atoms with E-state index in [1.54, 1.807) is 13.8 Å². The van der Waals surface area contributed by atoms with Gasteiger partial charge in [0.1, 0.15) is 5.54 Å². The molecular formula is C18H37NO7. The predicted octanol–water partition coefficient (Wildman–Crippen LogP) is -0.350. The van der Waals surface area contributed by atoms with Crippen LogP contribution in [0.15, 0.2) is 0 Å². The summed E-state index contributed by atoms with van der Waals surface area (Å²) < 4.78 is 5.81. The highest BCUT2D eigenvalue weighted by molar-refractivity contribution is 5.77. The first-order valence-electron chi connectivity index (χ1n) is 9.13. The number of aliphatic hydroxyl groups is 5. The van der Waals surface area contributed by atoms with Crippen molar-refractivity contribution < 1.29 is 35.1 Å². The van der Waals surface area contributed by atoms with Crippen LogP contribution in [0.4, 0.5) is 0 Å². The number of hydrogen-bond acceptors (Lipinski definition) is 7. The lowest BCUT2D eigenvalue weighted by Crippen LogP contribution is -2.60. The van der Waals surface area contributed by atoms with Crippen LogP contribution in [0, 0.1) is 0 Å². The Morgan fingerprint density at radius 3 is 1.96 bits per heavy atom. The molecule has 0 bridgehead atoms. The average Bonchev–Trinajstić information content (AvgIpc) is 2.61. The number of ether oxygens (including phenoxy) is 1. The number of hydrogen-bond donors (Lipinski definition) is 5. The van der Waals surface area contributed by atoms with E-state index in [0.717, 1.165) is 0 Å². The lowest BCUT2D eigenvalue weighted by atomic mass is 9.94. The molecule has 1 atom stereocenters. The lowest BCUT2D eigenvalue weighted by molar-refractivity contribution is -0.149. The quantitative estimate of drug-likeness (QED) is 0.279. The van der Waals surface area contributed by atoms with Gasteiger partial charge in [-0.05, 0) is 40.0 Å². The van der Waals surface area contributed by atoms with Gasteiger partial charge in [-0.25, -0.2) is 0 Å². The van der Waals surface area contributed by atoms with Crippen molar-refractivity contribution in [1.29, 1.82) is 0 Å². The average molecular weight is 379 g/mol. The summed E-state index contributed by atoms with van der Waals surface area (Å²) in [6.07, 6.45) is 1.38. The minimum atomic E-state index is -1.47. The Kier molecular flexibility index (Phi) is 10.8. The summed E-state index contributed by atoms with van der Waals surface area (Å²) in [7, 11) is 0. The van der Waals surface area contributed by atoms with E-state index in [9.17, 15) is 25.2 Å². The molecule has 0 aromatic heterocycles. The molecule has 0 heterocycles. The van der Waals surface area contributed by atoms with Gasteiger partial charge < -0.3 is 35.2 Å². The third-order valence-electron chi connectivity index (χ3n) is 4.69. The SMILES string of the molecule is CCC(C)(CCC(=O)N(CCCO)C(CO)(CO)CO)OCC(C)(C)O. The van der Waals surface area contributed by atoms with Crippen LogP contribution in [0.2, 0.25) is 0 Å². The van der Waals surface area contributed by atoms with E-state index in [0.29, 0.717) is 12.8 Å². The minimum Gasteiger partial charge on any atom is -0.396 e. The summed E-state index contributed by atoms with van der Waals surface area (Å²) in [5.41, 5.74) is -3.06. The van der Waals surface area contributed by atoms with Crippen LogP contribution in [-0.2, 0) is 9.53 Å². The Morgan fingerprint density at radius 2 is 1.58 bits per heavy atom. The number of aliphatic hydroxyl groups excluding tert-OH is 4. The van der Waals surface area contributed by atoms with Gasteiger partial charge in [0.2, 0.25) is 5.91 Å². The number of carbonyl (C=O) groups excluding carboxylic acids is 1. The molecule has 0 radical (unpaired) electrons. The van der Waals surface area contributed by atoms with E-state index in [1.165, 1.54) is 4.90 Å². The zero-order valence-corrected chi connectivity index (χ0v) is 16.6. The summed E-state index contributed by atoms with van der Waals surface area (Å²) in [6.45, 7) is 5.42. The molecule has 0 aliphatic rings. The van der Waals surface area contributed by atoms with Crippen molar-refractivity contribution >= 4 is 5.91 Å². The second-order valence-electron chi connectivity index (χ2n) is 7.73. The van der Waals surface area contributed by atoms with E-state index in [-0.39, 0.29) is 38.5 Å². The zero-order chi connectivity index (χ0) is 20.4. The van der Waals surface area contributed by atoms with Crippen LogP contribution in [0.1, 0.15) is 53.4 Å². The van der Waals surface area contributed by atoms with E-state index >= 15 is 0 Å². The highest BCUT2D eigenvalue weighted by atomic mass is 16.5. The van der Waals surface area contributed by atoms with Crippen LogP contribution in [0.5, 0.6) is 0 Å². The predicted molar refractivity (Wildman–Crippen MR) is 97.6 cm³/mol. The number of carbonyl (C=O) groups is 1. The van der Waals surface area contributed by atoms with Crippen molar-refractivity contribution in [2.24, 2.45) is 0 Å². The minimum absolute atomic E-state index is 0.0867. The highest BCUT2D eigenvalue weighted by Crippen LogP contribution is 2.25. The van der Waals surface area contributed by atoms with Crippen LogP contribution in [0.25, 0.3) is 0 Å². The second kappa shape index (κ2) is 11.2. The maximum absolute atomic E-state index is 12.7. The van der Waals surface area contributed by atoms with E-state index in [4.69, 9.17) is 9.84 Å². The maximum Gasteiger partial charge on any atom is 0.223 e. The van der Waals surface area contributed by atoms with Gasteiger partial charge in [-0.3, -0.25) is 4.79 Å². The normalized spacial score (nSPS) is 15.0. The fourth-order valence-electron chi connectivity index (χ4n) is 2.47. The first kappa shape index (κ1) is 25.2. The summed E-state index contributed by atoms with van der Waals surface area (Å²) >= 11 is 0. The van der Waals surface area contributed by atoms with Crippen LogP contribution >= 0.6 is 0 Å².